The molecule has 10 heteroatoms. The van der Waals surface area contributed by atoms with E-state index in [2.05, 4.69) is 4.98 Å². The number of amides is 1. The first-order valence-corrected chi connectivity index (χ1v) is 11.5. The summed E-state index contributed by atoms with van der Waals surface area (Å²) in [6, 6.07) is 10.6. The minimum atomic E-state index is -0.592. The molecule has 35 heavy (non-hydrogen) atoms. The average Bonchev–Trinajstić information content (AvgIpc) is 3.34. The molecule has 0 aliphatic rings. The molecule has 0 saturated carbocycles. The van der Waals surface area contributed by atoms with Crippen LogP contribution in [0.4, 0.5) is 0 Å². The Bertz CT molecular complexity index is 1210. The number of carbonyl (C=O) groups excluding carboxylic acids is 2. The van der Waals surface area contributed by atoms with Crippen molar-refractivity contribution in [2.24, 2.45) is 5.73 Å². The fourth-order valence-corrected chi connectivity index (χ4v) is 3.80. The number of nitrogens with two attached hydrogens (primary N) is 1. The third-order valence-electron chi connectivity index (χ3n) is 4.59. The summed E-state index contributed by atoms with van der Waals surface area (Å²) in [7, 11) is 3.06. The van der Waals surface area contributed by atoms with Crippen LogP contribution in [-0.4, -0.2) is 44.3 Å². The quantitative estimate of drug-likeness (QED) is 0.295. The second-order valence-corrected chi connectivity index (χ2v) is 7.91. The molecule has 1 amide bonds. The normalized spacial score (nSPS) is 10.7. The number of hydrogen-bond donors (Lipinski definition) is 1. The van der Waals surface area contributed by atoms with Gasteiger partial charge in [0.15, 0.2) is 29.6 Å². The zero-order valence-electron chi connectivity index (χ0n) is 19.6. The van der Waals surface area contributed by atoms with Crippen LogP contribution >= 0.6 is 11.3 Å². The lowest BCUT2D eigenvalue weighted by molar-refractivity contribution is -0.139. The molecular formula is C25H26N2O7S. The number of nitrogens with zero attached hydrogens (tertiary/aromatic N) is 1. The molecular weight excluding hydrogens is 472 g/mol. The van der Waals surface area contributed by atoms with E-state index in [1.807, 2.05) is 30.5 Å². The number of aromatic nitrogens is 1. The van der Waals surface area contributed by atoms with Gasteiger partial charge >= 0.3 is 5.97 Å². The molecule has 0 aliphatic carbocycles. The molecule has 3 aromatic rings. The minimum Gasteiger partial charge on any atom is -0.493 e. The lowest BCUT2D eigenvalue weighted by atomic mass is 10.2. The summed E-state index contributed by atoms with van der Waals surface area (Å²) in [6.45, 7) is 2.23. The van der Waals surface area contributed by atoms with Crippen LogP contribution in [0.5, 0.6) is 23.0 Å². The van der Waals surface area contributed by atoms with E-state index in [1.165, 1.54) is 24.5 Å². The first-order chi connectivity index (χ1) is 16.9. The first kappa shape index (κ1) is 25.6. The predicted molar refractivity (Wildman–Crippen MR) is 132 cm³/mol. The monoisotopic (exact) mass is 498 g/mol. The summed E-state index contributed by atoms with van der Waals surface area (Å²) < 4.78 is 26.8. The van der Waals surface area contributed by atoms with E-state index in [-0.39, 0.29) is 13.2 Å². The maximum absolute atomic E-state index is 12.2. The number of rotatable bonds is 12. The number of esters is 1. The summed E-state index contributed by atoms with van der Waals surface area (Å²) >= 11 is 1.44. The standard InChI is InChI=1S/C25H26N2O7S/c1-4-32-19-9-7-17(12-22(19)31-3)25-27-18(15-35-25)13-34-24(29)10-6-16-5-8-20(21(11-16)30-2)33-14-23(26)28/h5-12,15H,4,13-14H2,1-3H3,(H2,26,28)/b10-6+. The van der Waals surface area contributed by atoms with E-state index in [0.29, 0.717) is 40.9 Å². The van der Waals surface area contributed by atoms with Crippen molar-refractivity contribution >= 4 is 29.3 Å². The number of thiazole rings is 1. The number of ether oxygens (including phenoxy) is 5. The first-order valence-electron chi connectivity index (χ1n) is 10.6. The minimum absolute atomic E-state index is 0.0387. The van der Waals surface area contributed by atoms with E-state index in [4.69, 9.17) is 29.4 Å². The average molecular weight is 499 g/mol. The number of hydrogen-bond acceptors (Lipinski definition) is 9. The highest BCUT2D eigenvalue weighted by atomic mass is 32.1. The van der Waals surface area contributed by atoms with E-state index < -0.39 is 11.9 Å². The topological polar surface area (TPSA) is 119 Å². The molecule has 0 unspecified atom stereocenters. The summed E-state index contributed by atoms with van der Waals surface area (Å²) in [5.74, 6) is 0.960. The Balaban J connectivity index is 1.58. The van der Waals surface area contributed by atoms with Crippen molar-refractivity contribution in [2.75, 3.05) is 27.4 Å². The Labute approximate surface area is 207 Å². The Hall–Kier alpha value is -4.05. The van der Waals surface area contributed by atoms with Crippen molar-refractivity contribution in [1.29, 1.82) is 0 Å². The summed E-state index contributed by atoms with van der Waals surface area (Å²) in [6.07, 6.45) is 2.89. The van der Waals surface area contributed by atoms with Gasteiger partial charge in [0.1, 0.15) is 11.6 Å². The predicted octanol–water partition coefficient (Wildman–Crippen LogP) is 3.85. The van der Waals surface area contributed by atoms with Gasteiger partial charge in [-0.05, 0) is 48.9 Å². The lowest BCUT2D eigenvalue weighted by Crippen LogP contribution is -2.20. The van der Waals surface area contributed by atoms with Crippen LogP contribution in [0.2, 0.25) is 0 Å². The number of methoxy groups -OCH3 is 2. The van der Waals surface area contributed by atoms with Crippen molar-refractivity contribution in [3.8, 4) is 33.6 Å². The van der Waals surface area contributed by atoms with Crippen molar-refractivity contribution < 1.29 is 33.3 Å². The third-order valence-corrected chi connectivity index (χ3v) is 5.53. The van der Waals surface area contributed by atoms with Gasteiger partial charge in [0.25, 0.3) is 5.91 Å². The number of primary amides is 1. The molecule has 1 aromatic heterocycles. The van der Waals surface area contributed by atoms with E-state index >= 15 is 0 Å². The molecule has 0 aliphatic heterocycles. The third kappa shape index (κ3) is 7.21. The van der Waals surface area contributed by atoms with E-state index in [1.54, 1.807) is 31.4 Å². The molecule has 0 atom stereocenters. The van der Waals surface area contributed by atoms with Gasteiger partial charge in [-0.1, -0.05) is 6.07 Å². The second-order valence-electron chi connectivity index (χ2n) is 7.05. The summed E-state index contributed by atoms with van der Waals surface area (Å²) in [4.78, 5) is 27.6. The number of carbonyl (C=O) groups is 2. The highest BCUT2D eigenvalue weighted by molar-refractivity contribution is 7.13. The molecule has 1 heterocycles. The van der Waals surface area contributed by atoms with Crippen LogP contribution in [0.15, 0.2) is 47.9 Å². The van der Waals surface area contributed by atoms with Gasteiger partial charge in [0, 0.05) is 17.0 Å². The van der Waals surface area contributed by atoms with Crippen LogP contribution < -0.4 is 24.7 Å². The molecule has 3 rings (SSSR count). The van der Waals surface area contributed by atoms with Crippen molar-refractivity contribution in [3.05, 3.63) is 59.1 Å². The highest BCUT2D eigenvalue weighted by Gasteiger charge is 2.11. The molecule has 184 valence electrons. The zero-order valence-corrected chi connectivity index (χ0v) is 20.4. The Morgan fingerprint density at radius 1 is 1.00 bits per heavy atom. The van der Waals surface area contributed by atoms with Crippen molar-refractivity contribution in [2.45, 2.75) is 13.5 Å². The summed E-state index contributed by atoms with van der Waals surface area (Å²) in [5.41, 5.74) is 7.29. The van der Waals surface area contributed by atoms with Crippen molar-refractivity contribution in [3.63, 3.8) is 0 Å². The SMILES string of the molecule is CCOc1ccc(-c2nc(COC(=O)/C=C/c3ccc(OCC(N)=O)c(OC)c3)cs2)cc1OC. The highest BCUT2D eigenvalue weighted by Crippen LogP contribution is 2.34. The molecule has 9 nitrogen and oxygen atoms in total. The van der Waals surface area contributed by atoms with Crippen LogP contribution in [-0.2, 0) is 20.9 Å². The smallest absolute Gasteiger partial charge is 0.331 e. The Morgan fingerprint density at radius 2 is 1.71 bits per heavy atom. The Kier molecular flexibility index (Phi) is 9.08. The molecule has 2 aromatic carbocycles. The molecule has 0 spiro atoms. The van der Waals surface area contributed by atoms with Gasteiger partial charge in [-0.3, -0.25) is 4.79 Å². The fourth-order valence-electron chi connectivity index (χ4n) is 2.99. The maximum atomic E-state index is 12.2. The van der Waals surface area contributed by atoms with Gasteiger partial charge in [-0.25, -0.2) is 9.78 Å². The number of benzene rings is 2. The van der Waals surface area contributed by atoms with Crippen LogP contribution in [0.3, 0.4) is 0 Å². The van der Waals surface area contributed by atoms with E-state index in [9.17, 15) is 9.59 Å². The maximum Gasteiger partial charge on any atom is 0.331 e. The molecule has 0 saturated heterocycles. The molecule has 0 radical (unpaired) electrons. The lowest BCUT2D eigenvalue weighted by Gasteiger charge is -2.10. The van der Waals surface area contributed by atoms with Gasteiger partial charge < -0.3 is 29.4 Å². The Morgan fingerprint density at radius 3 is 2.43 bits per heavy atom. The molecule has 2 N–H and O–H groups in total. The van der Waals surface area contributed by atoms with Crippen LogP contribution in [0.1, 0.15) is 18.2 Å². The summed E-state index contributed by atoms with van der Waals surface area (Å²) in [5, 5.41) is 2.61. The van der Waals surface area contributed by atoms with Crippen LogP contribution in [0.25, 0.3) is 16.6 Å². The largest absolute Gasteiger partial charge is 0.493 e. The van der Waals surface area contributed by atoms with Gasteiger partial charge in [-0.2, -0.15) is 0 Å². The van der Waals surface area contributed by atoms with Gasteiger partial charge in [0.2, 0.25) is 0 Å². The fraction of sp³-hybridized carbons (Fsp3) is 0.240. The molecule has 0 fully saturated rings. The van der Waals surface area contributed by atoms with Gasteiger partial charge in [-0.15, -0.1) is 11.3 Å². The second kappa shape index (κ2) is 12.4. The van der Waals surface area contributed by atoms with Crippen molar-refractivity contribution in [1.82, 2.24) is 4.98 Å². The van der Waals surface area contributed by atoms with Crippen LogP contribution in [0, 0.1) is 0 Å². The zero-order chi connectivity index (χ0) is 25.2. The molecule has 0 bridgehead atoms. The van der Waals surface area contributed by atoms with Gasteiger partial charge in [0.05, 0.1) is 26.5 Å². The van der Waals surface area contributed by atoms with E-state index in [0.717, 1.165) is 10.6 Å².